The first-order valence-electron chi connectivity index (χ1n) is 8.51. The lowest BCUT2D eigenvalue weighted by Crippen LogP contribution is -2.52. The zero-order valence-corrected chi connectivity index (χ0v) is 16.3. The van der Waals surface area contributed by atoms with Gasteiger partial charge in [0.15, 0.2) is 0 Å². The van der Waals surface area contributed by atoms with Gasteiger partial charge in [0.05, 0.1) is 0 Å². The Balaban J connectivity index is 2.15. The van der Waals surface area contributed by atoms with Crippen LogP contribution in [0.4, 0.5) is 36.4 Å². The van der Waals surface area contributed by atoms with Gasteiger partial charge in [-0.1, -0.05) is 12.1 Å². The Hall–Kier alpha value is -2.14. The largest absolute Gasteiger partial charge is 0.461 e. The van der Waals surface area contributed by atoms with Crippen molar-refractivity contribution in [3.63, 3.8) is 0 Å². The van der Waals surface area contributed by atoms with Gasteiger partial charge < -0.3 is 15.2 Å². The summed E-state index contributed by atoms with van der Waals surface area (Å²) >= 11 is 1.39. The third-order valence-electron chi connectivity index (χ3n) is 4.09. The van der Waals surface area contributed by atoms with Gasteiger partial charge in [-0.25, -0.2) is 0 Å². The number of aryl methyl sites for hydroxylation is 1. The highest BCUT2D eigenvalue weighted by Gasteiger charge is 2.53. The zero-order chi connectivity index (χ0) is 22.6. The molecule has 166 valence electrons. The van der Waals surface area contributed by atoms with Crippen LogP contribution in [0.15, 0.2) is 53.4 Å². The minimum atomic E-state index is -5.05. The molecule has 2 aromatic carbocycles. The molecule has 0 saturated heterocycles. The Morgan fingerprint density at radius 3 is 2.20 bits per heavy atom. The van der Waals surface area contributed by atoms with Gasteiger partial charge in [0, 0.05) is 17.0 Å². The van der Waals surface area contributed by atoms with E-state index in [0.29, 0.717) is 0 Å². The number of benzene rings is 2. The Morgan fingerprint density at radius 1 is 1.03 bits per heavy atom. The Morgan fingerprint density at radius 2 is 1.67 bits per heavy atom. The maximum atomic E-state index is 13.5. The van der Waals surface area contributed by atoms with Crippen molar-refractivity contribution < 1.29 is 40.6 Å². The van der Waals surface area contributed by atoms with E-state index in [1.165, 1.54) is 36.0 Å². The lowest BCUT2D eigenvalue weighted by molar-refractivity contribution is -0.253. The molecule has 30 heavy (non-hydrogen) atoms. The zero-order valence-electron chi connectivity index (χ0n) is 15.5. The van der Waals surface area contributed by atoms with Crippen molar-refractivity contribution in [2.45, 2.75) is 42.2 Å². The van der Waals surface area contributed by atoms with Gasteiger partial charge in [-0.2, -0.15) is 30.7 Å². The second-order valence-corrected chi connectivity index (χ2v) is 7.20. The number of ether oxygens (including phenoxy) is 1. The van der Waals surface area contributed by atoms with Crippen LogP contribution >= 0.6 is 11.8 Å². The summed E-state index contributed by atoms with van der Waals surface area (Å²) in [6, 6.07) is 10.3. The minimum absolute atomic E-state index is 0.0290. The normalized spacial score (nSPS) is 14.5. The fourth-order valence-corrected chi connectivity index (χ4v) is 2.89. The molecule has 0 aliphatic rings. The van der Waals surface area contributed by atoms with Crippen molar-refractivity contribution in [3.05, 3.63) is 54.1 Å². The average Bonchev–Trinajstić information content (AvgIpc) is 2.66. The topological polar surface area (TPSA) is 41.5 Å². The van der Waals surface area contributed by atoms with Gasteiger partial charge >= 0.3 is 18.7 Å². The van der Waals surface area contributed by atoms with Crippen LogP contribution in [-0.4, -0.2) is 35.8 Å². The van der Waals surface area contributed by atoms with Crippen LogP contribution in [0.1, 0.15) is 12.0 Å². The first kappa shape index (κ1) is 24.1. The fourth-order valence-electron chi connectivity index (χ4n) is 2.48. The molecular formula is C19H18F7NO2S. The highest BCUT2D eigenvalue weighted by molar-refractivity contribution is 7.98. The lowest BCUT2D eigenvalue weighted by Gasteiger charge is -2.32. The number of hydrogen-bond donors (Lipinski definition) is 2. The number of halogens is 7. The van der Waals surface area contributed by atoms with Gasteiger partial charge in [0.1, 0.15) is 5.75 Å². The minimum Gasteiger partial charge on any atom is -0.428 e. The van der Waals surface area contributed by atoms with E-state index in [1.54, 1.807) is 18.4 Å². The van der Waals surface area contributed by atoms with Gasteiger partial charge in [-0.05, 0) is 54.6 Å². The van der Waals surface area contributed by atoms with Crippen LogP contribution in [-0.2, 0) is 6.42 Å². The predicted octanol–water partition coefficient (Wildman–Crippen LogP) is 5.94. The molecule has 0 bridgehead atoms. The molecule has 0 aliphatic carbocycles. The van der Waals surface area contributed by atoms with Crippen LogP contribution in [0.2, 0.25) is 0 Å². The molecule has 2 N–H and O–H groups in total. The maximum absolute atomic E-state index is 13.5. The van der Waals surface area contributed by atoms with E-state index in [4.69, 9.17) is 0 Å². The van der Waals surface area contributed by atoms with Crippen LogP contribution in [0, 0.1) is 0 Å². The second kappa shape index (κ2) is 9.34. The summed E-state index contributed by atoms with van der Waals surface area (Å²) in [5.74, 6) is -0.631. The fraction of sp³-hybridized carbons (Fsp3) is 0.368. The van der Waals surface area contributed by atoms with Crippen molar-refractivity contribution in [1.82, 2.24) is 0 Å². The van der Waals surface area contributed by atoms with Gasteiger partial charge in [-0.3, -0.25) is 0 Å². The number of nitrogens with one attached hydrogen (secondary N) is 1. The Kier molecular flexibility index (Phi) is 7.51. The number of hydrogen-bond acceptors (Lipinski definition) is 4. The third kappa shape index (κ3) is 6.18. The molecule has 1 unspecified atom stereocenters. The first-order valence-corrected chi connectivity index (χ1v) is 9.74. The van der Waals surface area contributed by atoms with E-state index in [9.17, 15) is 35.8 Å². The summed E-state index contributed by atoms with van der Waals surface area (Å²) < 4.78 is 95.0. The quantitative estimate of drug-likeness (QED) is 0.278. The van der Waals surface area contributed by atoms with Crippen molar-refractivity contribution >= 4 is 17.4 Å². The number of alkyl halides is 7. The molecule has 0 heterocycles. The molecule has 11 heteroatoms. The SMILES string of the molecule is CSc1ccc(NC(O)(CCc2cccc(OC(F)(F)C(F)F)c2)C(F)(F)F)cc1. The number of anilines is 1. The van der Waals surface area contributed by atoms with E-state index in [1.807, 2.05) is 0 Å². The smallest absolute Gasteiger partial charge is 0.428 e. The van der Waals surface area contributed by atoms with Crippen LogP contribution in [0.3, 0.4) is 0 Å². The van der Waals surface area contributed by atoms with Crippen LogP contribution in [0.5, 0.6) is 5.75 Å². The van der Waals surface area contributed by atoms with Crippen LogP contribution < -0.4 is 10.1 Å². The molecule has 2 aromatic rings. The third-order valence-corrected chi connectivity index (χ3v) is 4.84. The Bertz CT molecular complexity index is 830. The van der Waals surface area contributed by atoms with Crippen molar-refractivity contribution in [3.8, 4) is 5.75 Å². The van der Waals surface area contributed by atoms with E-state index in [0.717, 1.165) is 17.0 Å². The van der Waals surface area contributed by atoms with Gasteiger partial charge in [-0.15, -0.1) is 11.8 Å². The van der Waals surface area contributed by atoms with Crippen LogP contribution in [0.25, 0.3) is 0 Å². The van der Waals surface area contributed by atoms with E-state index in [2.05, 4.69) is 10.1 Å². The molecule has 0 saturated carbocycles. The summed E-state index contributed by atoms with van der Waals surface area (Å²) in [5, 5.41) is 12.3. The van der Waals surface area contributed by atoms with Crippen molar-refractivity contribution in [2.75, 3.05) is 11.6 Å². The summed E-state index contributed by atoms with van der Waals surface area (Å²) in [6.07, 6.45) is -13.3. The monoisotopic (exact) mass is 457 g/mol. The molecule has 0 aromatic heterocycles. The molecule has 0 spiro atoms. The standard InChI is InChI=1S/C19H18F7NO2S/c1-30-15-7-5-13(6-8-15)27-17(28,19(24,25)26)10-9-12-3-2-4-14(11-12)29-18(22,23)16(20)21/h2-8,11,16,27-28H,9-10H2,1H3. The summed E-state index contributed by atoms with van der Waals surface area (Å²) in [7, 11) is 0. The van der Waals surface area contributed by atoms with E-state index in [-0.39, 0.29) is 11.3 Å². The predicted molar refractivity (Wildman–Crippen MR) is 99.2 cm³/mol. The van der Waals surface area contributed by atoms with E-state index < -0.39 is 43.0 Å². The van der Waals surface area contributed by atoms with Crippen molar-refractivity contribution in [1.29, 1.82) is 0 Å². The highest BCUT2D eigenvalue weighted by Crippen LogP contribution is 2.36. The highest BCUT2D eigenvalue weighted by atomic mass is 32.2. The molecule has 0 fully saturated rings. The summed E-state index contributed by atoms with van der Waals surface area (Å²) in [5.41, 5.74) is -3.20. The lowest BCUT2D eigenvalue weighted by atomic mass is 10.0. The molecule has 3 nitrogen and oxygen atoms in total. The average molecular weight is 457 g/mol. The molecule has 0 aliphatic heterocycles. The number of thioether (sulfide) groups is 1. The summed E-state index contributed by atoms with van der Waals surface area (Å²) in [4.78, 5) is 0.813. The van der Waals surface area contributed by atoms with Gasteiger partial charge in [0.25, 0.3) is 0 Å². The molecule has 0 amide bonds. The molecule has 1 atom stereocenters. The Labute approximate surface area is 172 Å². The maximum Gasteiger partial charge on any atom is 0.461 e. The van der Waals surface area contributed by atoms with Crippen molar-refractivity contribution in [2.24, 2.45) is 0 Å². The second-order valence-electron chi connectivity index (χ2n) is 6.32. The summed E-state index contributed by atoms with van der Waals surface area (Å²) in [6.45, 7) is 0. The van der Waals surface area contributed by atoms with Gasteiger partial charge in [0.2, 0.25) is 5.72 Å². The molecule has 2 rings (SSSR count). The number of aliphatic hydroxyl groups is 1. The van der Waals surface area contributed by atoms with E-state index >= 15 is 0 Å². The molecular weight excluding hydrogens is 439 g/mol. The molecule has 0 radical (unpaired) electrons. The number of rotatable bonds is 9. The first-order chi connectivity index (χ1) is 13.9.